The van der Waals surface area contributed by atoms with Crippen LogP contribution in [0.4, 0.5) is 4.79 Å². The minimum Gasteiger partial charge on any atom is -0.466 e. The molecule has 0 saturated carbocycles. The summed E-state index contributed by atoms with van der Waals surface area (Å²) in [6.45, 7) is 7.38. The third-order valence-corrected chi connectivity index (χ3v) is 3.52. The van der Waals surface area contributed by atoms with E-state index >= 15 is 0 Å². The van der Waals surface area contributed by atoms with Crippen LogP contribution in [0.3, 0.4) is 0 Å². The topological polar surface area (TPSA) is 57.5 Å². The molecule has 0 spiro atoms. The van der Waals surface area contributed by atoms with Crippen LogP contribution in [-0.4, -0.2) is 28.8 Å². The van der Waals surface area contributed by atoms with E-state index in [0.29, 0.717) is 17.7 Å². The zero-order valence-electron chi connectivity index (χ0n) is 13.7. The van der Waals surface area contributed by atoms with Crippen molar-refractivity contribution in [2.75, 3.05) is 6.61 Å². The molecule has 0 aliphatic rings. The first-order valence-electron chi connectivity index (χ1n) is 7.41. The molecule has 1 aromatic carbocycles. The fourth-order valence-electron chi connectivity index (χ4n) is 2.29. The monoisotopic (exact) mass is 337 g/mol. The lowest BCUT2D eigenvalue weighted by Crippen LogP contribution is -2.27. The Hall–Kier alpha value is -2.01. The van der Waals surface area contributed by atoms with Crippen LogP contribution < -0.4 is 0 Å². The summed E-state index contributed by atoms with van der Waals surface area (Å²) in [6.07, 6.45) is -0.572. The molecular formula is C17H20ClNO4. The molecule has 0 bridgehead atoms. The van der Waals surface area contributed by atoms with E-state index in [1.807, 2.05) is 12.1 Å². The normalized spacial score (nSPS) is 11.5. The number of para-hydroxylation sites is 1. The van der Waals surface area contributed by atoms with E-state index in [0.717, 1.165) is 5.39 Å². The number of hydrogen-bond donors (Lipinski definition) is 0. The molecule has 0 unspecified atom stereocenters. The molecule has 0 N–H and O–H groups in total. The van der Waals surface area contributed by atoms with Crippen LogP contribution in [0.1, 0.15) is 33.3 Å². The van der Waals surface area contributed by atoms with Crippen molar-refractivity contribution < 1.29 is 19.1 Å². The number of esters is 1. The number of hydrogen-bond acceptors (Lipinski definition) is 4. The molecule has 0 fully saturated rings. The number of ether oxygens (including phenoxy) is 2. The van der Waals surface area contributed by atoms with Crippen LogP contribution in [0.5, 0.6) is 0 Å². The molecule has 2 rings (SSSR count). The van der Waals surface area contributed by atoms with Gasteiger partial charge in [-0.3, -0.25) is 4.79 Å². The summed E-state index contributed by atoms with van der Waals surface area (Å²) in [4.78, 5) is 24.3. The molecule has 0 radical (unpaired) electrons. The van der Waals surface area contributed by atoms with Gasteiger partial charge in [0.15, 0.2) is 0 Å². The van der Waals surface area contributed by atoms with E-state index in [4.69, 9.17) is 21.1 Å². The van der Waals surface area contributed by atoms with Crippen molar-refractivity contribution >= 4 is 34.6 Å². The highest BCUT2D eigenvalue weighted by molar-refractivity contribution is 6.33. The lowest BCUT2D eigenvalue weighted by Gasteiger charge is -2.20. The van der Waals surface area contributed by atoms with Gasteiger partial charge in [0, 0.05) is 10.9 Å². The average molecular weight is 338 g/mol. The van der Waals surface area contributed by atoms with Crippen LogP contribution in [-0.2, 0) is 20.7 Å². The second kappa shape index (κ2) is 6.62. The third kappa shape index (κ3) is 3.85. The minimum atomic E-state index is -0.646. The Morgan fingerprint density at radius 1 is 1.22 bits per heavy atom. The van der Waals surface area contributed by atoms with Crippen LogP contribution >= 0.6 is 11.6 Å². The first-order chi connectivity index (χ1) is 10.7. The largest absolute Gasteiger partial charge is 0.466 e. The SMILES string of the molecule is CCOC(=O)Cc1c(Cl)n(C(=O)OC(C)(C)C)c2ccccc12. The molecule has 1 aromatic heterocycles. The Labute approximate surface area is 140 Å². The molecule has 0 aliphatic carbocycles. The lowest BCUT2D eigenvalue weighted by atomic mass is 10.1. The van der Waals surface area contributed by atoms with Gasteiger partial charge in [-0.1, -0.05) is 29.8 Å². The van der Waals surface area contributed by atoms with E-state index in [-0.39, 0.29) is 17.5 Å². The molecule has 2 aromatic rings. The van der Waals surface area contributed by atoms with Gasteiger partial charge in [0.05, 0.1) is 18.5 Å². The molecule has 5 nitrogen and oxygen atoms in total. The van der Waals surface area contributed by atoms with E-state index < -0.39 is 11.7 Å². The summed E-state index contributed by atoms with van der Waals surface area (Å²) in [5.41, 5.74) is 0.519. The molecule has 0 aliphatic heterocycles. The second-order valence-corrected chi connectivity index (χ2v) is 6.44. The zero-order chi connectivity index (χ0) is 17.2. The maximum Gasteiger partial charge on any atom is 0.420 e. The first kappa shape index (κ1) is 17.3. The van der Waals surface area contributed by atoms with Gasteiger partial charge < -0.3 is 9.47 Å². The van der Waals surface area contributed by atoms with Crippen molar-refractivity contribution in [3.05, 3.63) is 35.0 Å². The Morgan fingerprint density at radius 2 is 1.87 bits per heavy atom. The van der Waals surface area contributed by atoms with E-state index in [1.54, 1.807) is 39.8 Å². The predicted molar refractivity (Wildman–Crippen MR) is 88.9 cm³/mol. The predicted octanol–water partition coefficient (Wildman–Crippen LogP) is 4.18. The molecule has 1 heterocycles. The highest BCUT2D eigenvalue weighted by Crippen LogP contribution is 2.31. The number of rotatable bonds is 3. The summed E-state index contributed by atoms with van der Waals surface area (Å²) in [5.74, 6) is -0.388. The zero-order valence-corrected chi connectivity index (χ0v) is 14.4. The van der Waals surface area contributed by atoms with Crippen LogP contribution in [0.25, 0.3) is 10.9 Å². The van der Waals surface area contributed by atoms with Gasteiger partial charge in [-0.05, 0) is 33.8 Å². The summed E-state index contributed by atoms with van der Waals surface area (Å²) >= 11 is 6.37. The van der Waals surface area contributed by atoms with Crippen LogP contribution in [0.2, 0.25) is 5.15 Å². The van der Waals surface area contributed by atoms with Crippen molar-refractivity contribution in [2.45, 2.75) is 39.7 Å². The quantitative estimate of drug-likeness (QED) is 0.788. The van der Waals surface area contributed by atoms with Gasteiger partial charge in [0.25, 0.3) is 0 Å². The Balaban J connectivity index is 2.51. The van der Waals surface area contributed by atoms with Crippen molar-refractivity contribution in [2.24, 2.45) is 0 Å². The van der Waals surface area contributed by atoms with E-state index in [2.05, 4.69) is 0 Å². The van der Waals surface area contributed by atoms with Crippen LogP contribution in [0.15, 0.2) is 24.3 Å². The van der Waals surface area contributed by atoms with Gasteiger partial charge in [-0.2, -0.15) is 0 Å². The Kier molecular flexibility index (Phi) is 5.00. The fourth-order valence-corrected chi connectivity index (χ4v) is 2.61. The Bertz CT molecular complexity index is 743. The van der Waals surface area contributed by atoms with Crippen LogP contribution in [0, 0.1) is 0 Å². The molecule has 0 saturated heterocycles. The van der Waals surface area contributed by atoms with E-state index in [1.165, 1.54) is 4.57 Å². The molecule has 124 valence electrons. The average Bonchev–Trinajstić information content (AvgIpc) is 2.70. The molecular weight excluding hydrogens is 318 g/mol. The third-order valence-electron chi connectivity index (χ3n) is 3.12. The van der Waals surface area contributed by atoms with Crippen molar-refractivity contribution in [3.63, 3.8) is 0 Å². The fraction of sp³-hybridized carbons (Fsp3) is 0.412. The number of halogens is 1. The van der Waals surface area contributed by atoms with Gasteiger partial charge in [0.2, 0.25) is 0 Å². The number of aromatic nitrogens is 1. The maximum absolute atomic E-state index is 12.5. The molecule has 23 heavy (non-hydrogen) atoms. The standard InChI is InChI=1S/C17H20ClNO4/c1-5-22-14(20)10-12-11-8-6-7-9-13(11)19(15(12)18)16(21)23-17(2,3)4/h6-9H,5,10H2,1-4H3. The smallest absolute Gasteiger partial charge is 0.420 e. The number of benzene rings is 1. The van der Waals surface area contributed by atoms with Gasteiger partial charge in [-0.15, -0.1) is 0 Å². The van der Waals surface area contributed by atoms with Crippen molar-refractivity contribution in [1.29, 1.82) is 0 Å². The van der Waals surface area contributed by atoms with Crippen molar-refractivity contribution in [1.82, 2.24) is 4.57 Å². The van der Waals surface area contributed by atoms with E-state index in [9.17, 15) is 9.59 Å². The number of fused-ring (bicyclic) bond motifs is 1. The molecule has 0 amide bonds. The van der Waals surface area contributed by atoms with Gasteiger partial charge >= 0.3 is 12.1 Å². The summed E-state index contributed by atoms with van der Waals surface area (Å²) in [6, 6.07) is 7.21. The first-order valence-corrected chi connectivity index (χ1v) is 7.79. The minimum absolute atomic E-state index is 0.00296. The summed E-state index contributed by atoms with van der Waals surface area (Å²) in [5, 5.41) is 0.907. The Morgan fingerprint density at radius 3 is 2.48 bits per heavy atom. The molecule has 6 heteroatoms. The number of carbonyl (C=O) groups excluding carboxylic acids is 2. The molecule has 0 atom stereocenters. The highest BCUT2D eigenvalue weighted by atomic mass is 35.5. The van der Waals surface area contributed by atoms with Gasteiger partial charge in [-0.25, -0.2) is 9.36 Å². The number of carbonyl (C=O) groups is 2. The van der Waals surface area contributed by atoms with Gasteiger partial charge in [0.1, 0.15) is 10.8 Å². The highest BCUT2D eigenvalue weighted by Gasteiger charge is 2.25. The summed E-state index contributed by atoms with van der Waals surface area (Å²) < 4.78 is 11.7. The summed E-state index contributed by atoms with van der Waals surface area (Å²) in [7, 11) is 0. The second-order valence-electron chi connectivity index (χ2n) is 6.08. The number of nitrogens with zero attached hydrogens (tertiary/aromatic N) is 1. The van der Waals surface area contributed by atoms with Crippen molar-refractivity contribution in [3.8, 4) is 0 Å². The lowest BCUT2D eigenvalue weighted by molar-refractivity contribution is -0.142. The maximum atomic E-state index is 12.5.